The van der Waals surface area contributed by atoms with Gasteiger partial charge in [0.25, 0.3) is 0 Å². The summed E-state index contributed by atoms with van der Waals surface area (Å²) >= 11 is 0. The molecule has 0 aliphatic carbocycles. The maximum atomic E-state index is 12.9. The van der Waals surface area contributed by atoms with Crippen LogP contribution in [0.5, 0.6) is 0 Å². The van der Waals surface area contributed by atoms with Crippen LogP contribution in [0.2, 0.25) is 0 Å². The Hall–Kier alpha value is -3.22. The first-order chi connectivity index (χ1) is 13.6. The molecule has 1 aliphatic heterocycles. The summed E-state index contributed by atoms with van der Waals surface area (Å²) in [5, 5.41) is 17.7. The second kappa shape index (κ2) is 7.42. The maximum absolute atomic E-state index is 12.9. The second-order valence-corrected chi connectivity index (χ2v) is 8.25. The van der Waals surface area contributed by atoms with E-state index in [0.717, 1.165) is 5.82 Å². The van der Waals surface area contributed by atoms with E-state index in [-0.39, 0.29) is 10.5 Å². The molecule has 0 radical (unpaired) electrons. The Labute approximate surface area is 163 Å². The van der Waals surface area contributed by atoms with Crippen LogP contribution in [0, 0.1) is 11.3 Å². The first-order valence-corrected chi connectivity index (χ1v) is 10.2. The fourth-order valence-electron chi connectivity index (χ4n) is 3.19. The highest BCUT2D eigenvalue weighted by Gasteiger charge is 2.30. The lowest BCUT2D eigenvalue weighted by Gasteiger charge is -2.34. The van der Waals surface area contributed by atoms with Gasteiger partial charge in [-0.25, -0.2) is 8.42 Å². The van der Waals surface area contributed by atoms with Crippen molar-refractivity contribution in [2.24, 2.45) is 0 Å². The molecule has 1 aliphatic rings. The van der Waals surface area contributed by atoms with Crippen LogP contribution in [0.3, 0.4) is 0 Å². The number of hydrogen-bond acceptors (Lipinski definition) is 6. The number of rotatable bonds is 4. The van der Waals surface area contributed by atoms with Gasteiger partial charge >= 0.3 is 0 Å². The molecule has 0 N–H and O–H groups in total. The number of sulfonamides is 1. The normalized spacial score (nSPS) is 15.3. The summed E-state index contributed by atoms with van der Waals surface area (Å²) in [4.78, 5) is 2.07. The molecule has 8 nitrogen and oxygen atoms in total. The number of piperazine rings is 1. The quantitative estimate of drug-likeness (QED) is 0.668. The SMILES string of the molecule is N#Cc1ccccc1S(=O)(=O)N1CCN(c2ccc(-n3cccc3)nn2)CC1. The minimum atomic E-state index is -3.70. The van der Waals surface area contributed by atoms with Crippen molar-refractivity contribution >= 4 is 15.8 Å². The highest BCUT2D eigenvalue weighted by Crippen LogP contribution is 2.22. The van der Waals surface area contributed by atoms with Gasteiger partial charge in [-0.2, -0.15) is 9.57 Å². The first-order valence-electron chi connectivity index (χ1n) is 8.81. The van der Waals surface area contributed by atoms with Crippen LogP contribution in [-0.4, -0.2) is 53.7 Å². The number of hydrogen-bond donors (Lipinski definition) is 0. The van der Waals surface area contributed by atoms with Crippen LogP contribution in [0.1, 0.15) is 5.56 Å². The van der Waals surface area contributed by atoms with Crippen LogP contribution < -0.4 is 4.90 Å². The fraction of sp³-hybridized carbons (Fsp3) is 0.211. The Balaban J connectivity index is 1.47. The number of nitrogens with zero attached hydrogens (tertiary/aromatic N) is 6. The molecule has 3 heterocycles. The predicted octanol–water partition coefficient (Wildman–Crippen LogP) is 1.65. The van der Waals surface area contributed by atoms with E-state index in [0.29, 0.717) is 32.0 Å². The van der Waals surface area contributed by atoms with Gasteiger partial charge in [0.2, 0.25) is 10.0 Å². The summed E-state index contributed by atoms with van der Waals surface area (Å²) < 4.78 is 29.1. The van der Waals surface area contributed by atoms with Gasteiger partial charge in [0, 0.05) is 38.6 Å². The molecule has 0 unspecified atom stereocenters. The van der Waals surface area contributed by atoms with Crippen molar-refractivity contribution in [1.29, 1.82) is 5.26 Å². The smallest absolute Gasteiger partial charge is 0.244 e. The lowest BCUT2D eigenvalue weighted by Crippen LogP contribution is -2.49. The molecule has 4 rings (SSSR count). The first kappa shape index (κ1) is 18.2. The molecule has 1 aromatic carbocycles. The van der Waals surface area contributed by atoms with E-state index >= 15 is 0 Å². The van der Waals surface area contributed by atoms with Crippen molar-refractivity contribution in [1.82, 2.24) is 19.1 Å². The molecular formula is C19H18N6O2S. The van der Waals surface area contributed by atoms with Gasteiger partial charge in [-0.1, -0.05) is 12.1 Å². The number of nitriles is 1. The van der Waals surface area contributed by atoms with Crippen LogP contribution in [-0.2, 0) is 10.0 Å². The summed E-state index contributed by atoms with van der Waals surface area (Å²) in [5.74, 6) is 1.44. The molecule has 142 valence electrons. The van der Waals surface area contributed by atoms with E-state index in [2.05, 4.69) is 10.2 Å². The molecule has 28 heavy (non-hydrogen) atoms. The number of anilines is 1. The summed E-state index contributed by atoms with van der Waals surface area (Å²) in [7, 11) is -3.70. The molecule has 1 saturated heterocycles. The van der Waals surface area contributed by atoms with Gasteiger partial charge < -0.3 is 9.47 Å². The van der Waals surface area contributed by atoms with E-state index in [1.54, 1.807) is 12.1 Å². The predicted molar refractivity (Wildman–Crippen MR) is 103 cm³/mol. The van der Waals surface area contributed by atoms with Crippen LogP contribution in [0.4, 0.5) is 5.82 Å². The minimum absolute atomic E-state index is 0.0572. The third-order valence-electron chi connectivity index (χ3n) is 4.69. The second-order valence-electron chi connectivity index (χ2n) is 6.34. The largest absolute Gasteiger partial charge is 0.352 e. The van der Waals surface area contributed by atoms with Crippen molar-refractivity contribution in [3.8, 4) is 11.9 Å². The topological polar surface area (TPSA) is 95.1 Å². The Morgan fingerprint density at radius 3 is 2.14 bits per heavy atom. The molecule has 1 fully saturated rings. The summed E-state index contributed by atoms with van der Waals surface area (Å²) in [5.41, 5.74) is 0.163. The van der Waals surface area contributed by atoms with Crippen molar-refractivity contribution in [3.05, 3.63) is 66.5 Å². The van der Waals surface area contributed by atoms with Gasteiger partial charge in [-0.15, -0.1) is 10.2 Å². The van der Waals surface area contributed by atoms with E-state index in [1.807, 2.05) is 52.2 Å². The lowest BCUT2D eigenvalue weighted by atomic mass is 10.2. The summed E-state index contributed by atoms with van der Waals surface area (Å²) in [6, 6.07) is 15.8. The number of benzene rings is 1. The van der Waals surface area contributed by atoms with Gasteiger partial charge in [0.1, 0.15) is 6.07 Å². The molecule has 0 atom stereocenters. The van der Waals surface area contributed by atoms with Crippen LogP contribution >= 0.6 is 0 Å². The fourth-order valence-corrected chi connectivity index (χ4v) is 4.76. The van der Waals surface area contributed by atoms with E-state index < -0.39 is 10.0 Å². The third-order valence-corrected chi connectivity index (χ3v) is 6.65. The standard InChI is InChI=1S/C19H18N6O2S/c20-15-16-5-1-2-6-17(16)28(26,27)25-13-11-24(12-14-25)19-8-7-18(21-22-19)23-9-3-4-10-23/h1-10H,11-14H2. The van der Waals surface area contributed by atoms with Gasteiger partial charge in [-0.3, -0.25) is 0 Å². The average molecular weight is 394 g/mol. The molecule has 0 saturated carbocycles. The minimum Gasteiger partial charge on any atom is -0.352 e. The Morgan fingerprint density at radius 2 is 1.50 bits per heavy atom. The van der Waals surface area contributed by atoms with E-state index in [4.69, 9.17) is 0 Å². The van der Waals surface area contributed by atoms with Crippen molar-refractivity contribution in [2.45, 2.75) is 4.90 Å². The summed E-state index contributed by atoms with van der Waals surface area (Å²) in [6.45, 7) is 1.66. The monoisotopic (exact) mass is 394 g/mol. The van der Waals surface area contributed by atoms with Crippen LogP contribution in [0.25, 0.3) is 5.82 Å². The molecule has 0 spiro atoms. The van der Waals surface area contributed by atoms with Crippen molar-refractivity contribution in [3.63, 3.8) is 0 Å². The summed E-state index contributed by atoms with van der Waals surface area (Å²) in [6.07, 6.45) is 3.79. The molecule has 9 heteroatoms. The third kappa shape index (κ3) is 3.35. The van der Waals surface area contributed by atoms with Crippen LogP contribution in [0.15, 0.2) is 65.8 Å². The van der Waals surface area contributed by atoms with Gasteiger partial charge in [-0.05, 0) is 36.4 Å². The lowest BCUT2D eigenvalue weighted by molar-refractivity contribution is 0.383. The van der Waals surface area contributed by atoms with E-state index in [1.165, 1.54) is 16.4 Å². The zero-order chi connectivity index (χ0) is 19.6. The Kier molecular flexibility index (Phi) is 4.81. The highest BCUT2D eigenvalue weighted by atomic mass is 32.2. The maximum Gasteiger partial charge on any atom is 0.244 e. The average Bonchev–Trinajstić information content (AvgIpc) is 3.29. The molecule has 3 aromatic rings. The highest BCUT2D eigenvalue weighted by molar-refractivity contribution is 7.89. The Bertz CT molecular complexity index is 1100. The zero-order valence-electron chi connectivity index (χ0n) is 15.0. The number of aromatic nitrogens is 3. The van der Waals surface area contributed by atoms with Gasteiger partial charge in [0.15, 0.2) is 11.6 Å². The molecule has 2 aromatic heterocycles. The van der Waals surface area contributed by atoms with Crippen molar-refractivity contribution in [2.75, 3.05) is 31.1 Å². The van der Waals surface area contributed by atoms with Gasteiger partial charge in [0.05, 0.1) is 10.5 Å². The molecule has 0 amide bonds. The zero-order valence-corrected chi connectivity index (χ0v) is 15.8. The Morgan fingerprint density at radius 1 is 0.857 bits per heavy atom. The molecule has 0 bridgehead atoms. The van der Waals surface area contributed by atoms with Crippen molar-refractivity contribution < 1.29 is 8.42 Å². The van der Waals surface area contributed by atoms with E-state index in [9.17, 15) is 13.7 Å². The molecular weight excluding hydrogens is 376 g/mol.